The molecule has 0 spiro atoms. The lowest BCUT2D eigenvalue weighted by Gasteiger charge is -2.10. The van der Waals surface area contributed by atoms with Gasteiger partial charge in [-0.15, -0.1) is 11.8 Å². The van der Waals surface area contributed by atoms with Crippen LogP contribution in [-0.2, 0) is 19.9 Å². The van der Waals surface area contributed by atoms with Crippen molar-refractivity contribution in [2.75, 3.05) is 13.1 Å². The van der Waals surface area contributed by atoms with E-state index in [0.29, 0.717) is 5.25 Å². The van der Waals surface area contributed by atoms with E-state index in [-0.39, 0.29) is 0 Å². The van der Waals surface area contributed by atoms with Crippen LogP contribution in [0.25, 0.3) is 0 Å². The van der Waals surface area contributed by atoms with Crippen molar-refractivity contribution < 1.29 is 0 Å². The fourth-order valence-electron chi connectivity index (χ4n) is 2.47. The van der Waals surface area contributed by atoms with E-state index in [2.05, 4.69) is 39.1 Å². The van der Waals surface area contributed by atoms with Gasteiger partial charge in [-0.3, -0.25) is 0 Å². The molecule has 1 aliphatic rings. The number of aromatic nitrogens is 2. The lowest BCUT2D eigenvalue weighted by molar-refractivity contribution is 0.639. The Morgan fingerprint density at radius 3 is 3.11 bits per heavy atom. The molecule has 1 aromatic heterocycles. The van der Waals surface area contributed by atoms with Crippen LogP contribution < -0.4 is 5.32 Å². The van der Waals surface area contributed by atoms with Crippen LogP contribution in [0.2, 0.25) is 0 Å². The summed E-state index contributed by atoms with van der Waals surface area (Å²) in [5, 5.41) is 4.23. The Hall–Kier alpha value is -1.26. The zero-order valence-corrected chi connectivity index (χ0v) is 12.0. The van der Waals surface area contributed by atoms with Crippen LogP contribution in [0.1, 0.15) is 11.4 Å². The zero-order chi connectivity index (χ0) is 13.1. The fraction of sp³-hybridized carbons (Fsp3) is 0.400. The molecule has 1 aromatic carbocycles. The number of fused-ring (bicyclic) bond motifs is 1. The number of nitrogens with one attached hydrogen (secondary N) is 1. The molecule has 0 fully saturated rings. The molecule has 19 heavy (non-hydrogen) atoms. The number of hydrogen-bond acceptors (Lipinski definition) is 3. The molecule has 1 aliphatic heterocycles. The van der Waals surface area contributed by atoms with Crippen LogP contribution in [0.3, 0.4) is 0 Å². The maximum Gasteiger partial charge on any atom is 0.109 e. The van der Waals surface area contributed by atoms with Gasteiger partial charge < -0.3 is 9.88 Å². The summed E-state index contributed by atoms with van der Waals surface area (Å²) in [5.41, 5.74) is 1.50. The summed E-state index contributed by atoms with van der Waals surface area (Å²) >= 11 is 2.00. The average molecular weight is 273 g/mol. The summed E-state index contributed by atoms with van der Waals surface area (Å²) < 4.78 is 2.09. The number of rotatable bonds is 5. The quantitative estimate of drug-likeness (QED) is 0.848. The number of aryl methyl sites for hydroxylation is 1. The van der Waals surface area contributed by atoms with Crippen LogP contribution in [0.15, 0.2) is 41.6 Å². The Balaban J connectivity index is 1.42. The van der Waals surface area contributed by atoms with Crippen molar-refractivity contribution in [1.29, 1.82) is 0 Å². The van der Waals surface area contributed by atoms with Gasteiger partial charge in [0.15, 0.2) is 0 Å². The van der Waals surface area contributed by atoms with Crippen molar-refractivity contribution in [3.8, 4) is 0 Å². The van der Waals surface area contributed by atoms with Gasteiger partial charge in [-0.05, 0) is 18.1 Å². The van der Waals surface area contributed by atoms with Crippen LogP contribution in [-0.4, -0.2) is 27.9 Å². The number of hydrogen-bond donors (Lipinski definition) is 1. The summed E-state index contributed by atoms with van der Waals surface area (Å²) in [6.45, 7) is 2.07. The van der Waals surface area contributed by atoms with Crippen LogP contribution in [0.4, 0.5) is 0 Å². The fourth-order valence-corrected chi connectivity index (χ4v) is 3.75. The highest BCUT2D eigenvalue weighted by atomic mass is 32.2. The summed E-state index contributed by atoms with van der Waals surface area (Å²) in [7, 11) is 2.05. The summed E-state index contributed by atoms with van der Waals surface area (Å²) in [6, 6.07) is 8.74. The van der Waals surface area contributed by atoms with E-state index in [1.54, 1.807) is 0 Å². The topological polar surface area (TPSA) is 29.9 Å². The van der Waals surface area contributed by atoms with Gasteiger partial charge in [0.25, 0.3) is 0 Å². The first-order valence-corrected chi connectivity index (χ1v) is 7.62. The SMILES string of the molecule is Cn1ccnc1CCNCC1Cc2ccccc2S1. The molecular formula is C15H19N3S. The van der Waals surface area contributed by atoms with Gasteiger partial charge in [0.2, 0.25) is 0 Å². The minimum Gasteiger partial charge on any atom is -0.338 e. The molecule has 1 atom stereocenters. The lowest BCUT2D eigenvalue weighted by Crippen LogP contribution is -2.26. The second kappa shape index (κ2) is 5.80. The molecule has 1 unspecified atom stereocenters. The van der Waals surface area contributed by atoms with Gasteiger partial charge in [-0.2, -0.15) is 0 Å². The molecule has 0 bridgehead atoms. The number of imidazole rings is 1. The second-order valence-electron chi connectivity index (χ2n) is 4.96. The van der Waals surface area contributed by atoms with E-state index in [1.165, 1.54) is 16.9 Å². The normalized spacial score (nSPS) is 17.6. The molecule has 4 heteroatoms. The highest BCUT2D eigenvalue weighted by molar-refractivity contribution is 8.00. The molecule has 0 radical (unpaired) electrons. The smallest absolute Gasteiger partial charge is 0.109 e. The third-order valence-electron chi connectivity index (χ3n) is 3.53. The van der Waals surface area contributed by atoms with Crippen LogP contribution in [0.5, 0.6) is 0 Å². The standard InChI is InChI=1S/C15H19N3S/c1-18-9-8-17-15(18)6-7-16-11-13-10-12-4-2-3-5-14(12)19-13/h2-5,8-9,13,16H,6-7,10-11H2,1H3. The van der Waals surface area contributed by atoms with E-state index in [1.807, 2.05) is 31.2 Å². The lowest BCUT2D eigenvalue weighted by atomic mass is 10.1. The third-order valence-corrected chi connectivity index (χ3v) is 4.85. The van der Waals surface area contributed by atoms with Crippen molar-refractivity contribution in [2.24, 2.45) is 7.05 Å². The number of benzene rings is 1. The van der Waals surface area contributed by atoms with Gasteiger partial charge in [0.1, 0.15) is 5.82 Å². The van der Waals surface area contributed by atoms with Crippen molar-refractivity contribution in [3.63, 3.8) is 0 Å². The van der Waals surface area contributed by atoms with Crippen molar-refractivity contribution in [2.45, 2.75) is 23.0 Å². The minimum atomic E-state index is 0.679. The predicted octanol–water partition coefficient (Wildman–Crippen LogP) is 2.27. The molecule has 0 aliphatic carbocycles. The zero-order valence-electron chi connectivity index (χ0n) is 11.2. The highest BCUT2D eigenvalue weighted by Crippen LogP contribution is 2.36. The average Bonchev–Trinajstić information content (AvgIpc) is 3.00. The largest absolute Gasteiger partial charge is 0.338 e. The molecule has 2 aromatic rings. The maximum atomic E-state index is 4.34. The Morgan fingerprint density at radius 1 is 1.42 bits per heavy atom. The van der Waals surface area contributed by atoms with E-state index >= 15 is 0 Å². The summed E-state index contributed by atoms with van der Waals surface area (Å²) in [4.78, 5) is 5.79. The first-order valence-electron chi connectivity index (χ1n) is 6.74. The van der Waals surface area contributed by atoms with Gasteiger partial charge in [0.05, 0.1) is 0 Å². The summed E-state index contributed by atoms with van der Waals surface area (Å²) in [5.74, 6) is 1.15. The monoisotopic (exact) mass is 273 g/mol. The van der Waals surface area contributed by atoms with Crippen molar-refractivity contribution >= 4 is 11.8 Å². The molecular weight excluding hydrogens is 254 g/mol. The second-order valence-corrected chi connectivity index (χ2v) is 6.30. The van der Waals surface area contributed by atoms with Gasteiger partial charge in [-0.25, -0.2) is 4.98 Å². The summed E-state index contributed by atoms with van der Waals surface area (Å²) in [6.07, 6.45) is 6.04. The molecule has 1 N–H and O–H groups in total. The number of nitrogens with zero attached hydrogens (tertiary/aromatic N) is 2. The molecule has 3 nitrogen and oxygen atoms in total. The van der Waals surface area contributed by atoms with Crippen molar-refractivity contribution in [3.05, 3.63) is 48.0 Å². The first kappa shape index (κ1) is 12.8. The van der Waals surface area contributed by atoms with Gasteiger partial charge in [0, 0.05) is 49.1 Å². The Labute approximate surface area is 118 Å². The highest BCUT2D eigenvalue weighted by Gasteiger charge is 2.20. The Bertz CT molecular complexity index is 525. The van der Waals surface area contributed by atoms with Gasteiger partial charge >= 0.3 is 0 Å². The number of thioether (sulfide) groups is 1. The van der Waals surface area contributed by atoms with E-state index in [4.69, 9.17) is 0 Å². The Kier molecular flexibility index (Phi) is 3.89. The van der Waals surface area contributed by atoms with E-state index in [9.17, 15) is 0 Å². The van der Waals surface area contributed by atoms with Gasteiger partial charge in [-0.1, -0.05) is 18.2 Å². The Morgan fingerprint density at radius 2 is 2.32 bits per heavy atom. The predicted molar refractivity (Wildman–Crippen MR) is 79.6 cm³/mol. The molecule has 3 rings (SSSR count). The van der Waals surface area contributed by atoms with Crippen LogP contribution in [0, 0.1) is 0 Å². The first-order chi connectivity index (χ1) is 9.33. The van der Waals surface area contributed by atoms with E-state index < -0.39 is 0 Å². The molecule has 2 heterocycles. The van der Waals surface area contributed by atoms with Crippen LogP contribution >= 0.6 is 11.8 Å². The molecule has 100 valence electrons. The maximum absolute atomic E-state index is 4.34. The van der Waals surface area contributed by atoms with Crippen molar-refractivity contribution in [1.82, 2.24) is 14.9 Å². The molecule has 0 amide bonds. The molecule has 0 saturated carbocycles. The van der Waals surface area contributed by atoms with E-state index in [0.717, 1.165) is 25.3 Å². The minimum absolute atomic E-state index is 0.679. The molecule has 0 saturated heterocycles. The third kappa shape index (κ3) is 3.01.